The molecule has 0 spiro atoms. The van der Waals surface area contributed by atoms with Crippen molar-refractivity contribution in [3.8, 4) is 0 Å². The molecule has 2 aliphatic heterocycles. The van der Waals surface area contributed by atoms with Crippen molar-refractivity contribution in [1.29, 1.82) is 0 Å². The molecule has 0 aromatic heterocycles. The van der Waals surface area contributed by atoms with Gasteiger partial charge in [0, 0.05) is 5.92 Å². The number of halogens is 1. The van der Waals surface area contributed by atoms with Gasteiger partial charge < -0.3 is 10.1 Å². The molecule has 2 heterocycles. The van der Waals surface area contributed by atoms with E-state index in [-0.39, 0.29) is 5.82 Å². The summed E-state index contributed by atoms with van der Waals surface area (Å²) in [5.74, 6) is -0.0662. The van der Waals surface area contributed by atoms with Crippen LogP contribution in [0.1, 0.15) is 19.8 Å². The fourth-order valence-corrected chi connectivity index (χ4v) is 3.16. The van der Waals surface area contributed by atoms with Gasteiger partial charge >= 0.3 is 6.09 Å². The van der Waals surface area contributed by atoms with Crippen molar-refractivity contribution in [2.45, 2.75) is 25.4 Å². The van der Waals surface area contributed by atoms with Crippen molar-refractivity contribution in [3.63, 3.8) is 0 Å². The smallest absolute Gasteiger partial charge is 0.415 e. The van der Waals surface area contributed by atoms with E-state index in [2.05, 4.69) is 5.32 Å². The molecule has 2 saturated heterocycles. The number of benzene rings is 1. The number of piperidine rings is 1. The second-order valence-electron chi connectivity index (χ2n) is 5.74. The lowest BCUT2D eigenvalue weighted by Crippen LogP contribution is -2.44. The van der Waals surface area contributed by atoms with Gasteiger partial charge in [-0.25, -0.2) is 9.18 Å². The summed E-state index contributed by atoms with van der Waals surface area (Å²) in [6, 6.07) is 6.33. The van der Waals surface area contributed by atoms with E-state index in [9.17, 15) is 9.18 Å². The molecule has 0 radical (unpaired) electrons. The number of hydrogen-bond donors (Lipinski definition) is 1. The van der Waals surface area contributed by atoms with E-state index in [0.29, 0.717) is 18.2 Å². The van der Waals surface area contributed by atoms with Gasteiger partial charge in [-0.2, -0.15) is 0 Å². The van der Waals surface area contributed by atoms with E-state index in [1.165, 1.54) is 11.0 Å². The molecule has 20 heavy (non-hydrogen) atoms. The predicted molar refractivity (Wildman–Crippen MR) is 74.2 cm³/mol. The molecule has 1 atom stereocenters. The van der Waals surface area contributed by atoms with Crippen molar-refractivity contribution in [2.24, 2.45) is 5.92 Å². The molecule has 1 unspecified atom stereocenters. The Balaban J connectivity index is 1.83. The van der Waals surface area contributed by atoms with Gasteiger partial charge in [-0.05, 0) is 45.0 Å². The van der Waals surface area contributed by atoms with E-state index in [0.717, 1.165) is 25.9 Å². The highest BCUT2D eigenvalue weighted by atomic mass is 19.1. The Labute approximate surface area is 117 Å². The molecule has 2 fully saturated rings. The molecule has 108 valence electrons. The number of ether oxygens (including phenoxy) is 1. The van der Waals surface area contributed by atoms with E-state index >= 15 is 0 Å². The Morgan fingerprint density at radius 3 is 2.75 bits per heavy atom. The molecular formula is C15H19FN2O2. The second kappa shape index (κ2) is 5.05. The summed E-state index contributed by atoms with van der Waals surface area (Å²) in [6.07, 6.45) is 1.51. The highest BCUT2D eigenvalue weighted by Crippen LogP contribution is 2.37. The largest absolute Gasteiger partial charge is 0.441 e. The van der Waals surface area contributed by atoms with Crippen molar-refractivity contribution < 1.29 is 13.9 Å². The molecule has 0 saturated carbocycles. The summed E-state index contributed by atoms with van der Waals surface area (Å²) in [4.78, 5) is 13.5. The number of hydrogen-bond acceptors (Lipinski definition) is 3. The predicted octanol–water partition coefficient (Wildman–Crippen LogP) is 2.54. The molecule has 5 heteroatoms. The number of cyclic esters (lactones) is 1. The van der Waals surface area contributed by atoms with Crippen LogP contribution in [-0.2, 0) is 4.74 Å². The first-order valence-electron chi connectivity index (χ1n) is 7.06. The molecule has 1 aromatic rings. The van der Waals surface area contributed by atoms with Crippen molar-refractivity contribution in [2.75, 3.05) is 24.5 Å². The Hall–Kier alpha value is -1.62. The van der Waals surface area contributed by atoms with Crippen LogP contribution in [0.5, 0.6) is 0 Å². The minimum Gasteiger partial charge on any atom is -0.441 e. The number of anilines is 1. The molecular weight excluding hydrogens is 259 g/mol. The topological polar surface area (TPSA) is 41.6 Å². The van der Waals surface area contributed by atoms with Gasteiger partial charge in [0.15, 0.2) is 0 Å². The van der Waals surface area contributed by atoms with Gasteiger partial charge in [0.25, 0.3) is 0 Å². The average Bonchev–Trinajstić information content (AvgIpc) is 2.77. The SMILES string of the molecule is CC1(C2CCNCC2)CN(c2ccccc2F)C(=O)O1. The fourth-order valence-electron chi connectivity index (χ4n) is 3.16. The molecule has 1 amide bonds. The number of carbonyl (C=O) groups excluding carboxylic acids is 1. The first-order valence-corrected chi connectivity index (χ1v) is 7.06. The molecule has 1 N–H and O–H groups in total. The number of rotatable bonds is 2. The number of para-hydroxylation sites is 1. The average molecular weight is 278 g/mol. The maximum Gasteiger partial charge on any atom is 0.415 e. The van der Waals surface area contributed by atoms with Crippen LogP contribution in [0.25, 0.3) is 0 Å². The molecule has 3 rings (SSSR count). The third kappa shape index (κ3) is 2.26. The fraction of sp³-hybridized carbons (Fsp3) is 0.533. The lowest BCUT2D eigenvalue weighted by Gasteiger charge is -2.34. The maximum absolute atomic E-state index is 13.8. The molecule has 0 aliphatic carbocycles. The minimum absolute atomic E-state index is 0.301. The van der Waals surface area contributed by atoms with Gasteiger partial charge in [0.1, 0.15) is 11.4 Å². The van der Waals surface area contributed by atoms with Gasteiger partial charge in [-0.15, -0.1) is 0 Å². The zero-order chi connectivity index (χ0) is 14.2. The summed E-state index contributed by atoms with van der Waals surface area (Å²) < 4.78 is 19.5. The summed E-state index contributed by atoms with van der Waals surface area (Å²) in [5.41, 5.74) is -0.225. The van der Waals surface area contributed by atoms with Crippen LogP contribution in [-0.4, -0.2) is 31.3 Å². The minimum atomic E-state index is -0.526. The zero-order valence-electron chi connectivity index (χ0n) is 11.6. The van der Waals surface area contributed by atoms with Crippen LogP contribution in [0.4, 0.5) is 14.9 Å². The highest BCUT2D eigenvalue weighted by Gasteiger charge is 2.48. The Morgan fingerprint density at radius 2 is 2.05 bits per heavy atom. The second-order valence-corrected chi connectivity index (χ2v) is 5.74. The van der Waals surface area contributed by atoms with Gasteiger partial charge in [-0.3, -0.25) is 4.90 Å². The van der Waals surface area contributed by atoms with E-state index in [4.69, 9.17) is 4.74 Å². The van der Waals surface area contributed by atoms with Gasteiger partial charge in [0.05, 0.1) is 12.2 Å². The van der Waals surface area contributed by atoms with Crippen molar-refractivity contribution in [3.05, 3.63) is 30.1 Å². The lowest BCUT2D eigenvalue weighted by atomic mass is 9.82. The van der Waals surface area contributed by atoms with Crippen LogP contribution < -0.4 is 10.2 Å². The summed E-state index contributed by atoms with van der Waals surface area (Å²) >= 11 is 0. The lowest BCUT2D eigenvalue weighted by molar-refractivity contribution is 0.00962. The van der Waals surface area contributed by atoms with Crippen LogP contribution in [0.15, 0.2) is 24.3 Å². The monoisotopic (exact) mass is 278 g/mol. The van der Waals surface area contributed by atoms with Gasteiger partial charge in [0.2, 0.25) is 0 Å². The van der Waals surface area contributed by atoms with E-state index in [1.807, 2.05) is 6.92 Å². The van der Waals surface area contributed by atoms with Crippen LogP contribution in [0.2, 0.25) is 0 Å². The number of nitrogens with zero attached hydrogens (tertiary/aromatic N) is 1. The van der Waals surface area contributed by atoms with Gasteiger partial charge in [-0.1, -0.05) is 12.1 Å². The summed E-state index contributed by atoms with van der Waals surface area (Å²) in [5, 5.41) is 3.30. The third-order valence-electron chi connectivity index (χ3n) is 4.36. The van der Waals surface area contributed by atoms with E-state index < -0.39 is 11.7 Å². The molecule has 4 nitrogen and oxygen atoms in total. The van der Waals surface area contributed by atoms with Crippen molar-refractivity contribution >= 4 is 11.8 Å². The molecule has 1 aromatic carbocycles. The first kappa shape index (κ1) is 13.4. The van der Waals surface area contributed by atoms with Crippen LogP contribution >= 0.6 is 0 Å². The maximum atomic E-state index is 13.8. The molecule has 2 aliphatic rings. The van der Waals surface area contributed by atoms with Crippen molar-refractivity contribution in [1.82, 2.24) is 5.32 Å². The quantitative estimate of drug-likeness (QED) is 0.904. The summed E-state index contributed by atoms with van der Waals surface area (Å²) in [7, 11) is 0. The molecule has 0 bridgehead atoms. The Morgan fingerprint density at radius 1 is 1.35 bits per heavy atom. The van der Waals surface area contributed by atoms with Crippen LogP contribution in [0.3, 0.4) is 0 Å². The number of nitrogens with one attached hydrogen (secondary N) is 1. The normalized spacial score (nSPS) is 27.7. The number of amides is 1. The van der Waals surface area contributed by atoms with E-state index in [1.54, 1.807) is 18.2 Å². The zero-order valence-corrected chi connectivity index (χ0v) is 11.6. The third-order valence-corrected chi connectivity index (χ3v) is 4.36. The Kier molecular flexibility index (Phi) is 3.38. The first-order chi connectivity index (χ1) is 9.60. The highest BCUT2D eigenvalue weighted by molar-refractivity contribution is 5.90. The van der Waals surface area contributed by atoms with Crippen LogP contribution in [0, 0.1) is 11.7 Å². The summed E-state index contributed by atoms with van der Waals surface area (Å²) in [6.45, 7) is 4.26. The standard InChI is InChI=1S/C15H19FN2O2/c1-15(11-6-8-17-9-7-11)10-18(14(19)20-15)13-5-3-2-4-12(13)16/h2-5,11,17H,6-10H2,1H3. The number of carbonyl (C=O) groups is 1. The Bertz CT molecular complexity index is 516.